The fourth-order valence-electron chi connectivity index (χ4n) is 3.52. The number of aliphatic hydroxyl groups is 1. The van der Waals surface area contributed by atoms with Crippen molar-refractivity contribution in [3.63, 3.8) is 0 Å². The van der Waals surface area contributed by atoms with Crippen molar-refractivity contribution in [2.45, 2.75) is 51.6 Å². The van der Waals surface area contributed by atoms with Crippen LogP contribution in [0.4, 0.5) is 0 Å². The second-order valence-corrected chi connectivity index (χ2v) is 7.15. The Morgan fingerprint density at radius 2 is 2.00 bits per heavy atom. The number of unbranched alkanes of at least 4 members (excludes halogenated alkanes) is 2. The van der Waals surface area contributed by atoms with E-state index in [-0.39, 0.29) is 17.9 Å². The van der Waals surface area contributed by atoms with Gasteiger partial charge in [0.2, 0.25) is 5.91 Å². The first-order valence-electron chi connectivity index (χ1n) is 9.74. The number of aromatic nitrogens is 2. The number of aryl methyl sites for hydroxylation is 1. The quantitative estimate of drug-likeness (QED) is 0.727. The first-order valence-corrected chi connectivity index (χ1v) is 9.74. The number of imidazole rings is 1. The van der Waals surface area contributed by atoms with Crippen LogP contribution in [0.2, 0.25) is 0 Å². The third-order valence-corrected chi connectivity index (χ3v) is 5.09. The molecule has 3 rings (SSSR count). The molecule has 0 saturated carbocycles. The van der Waals surface area contributed by atoms with E-state index in [1.165, 1.54) is 0 Å². The van der Waals surface area contributed by atoms with Gasteiger partial charge in [0.15, 0.2) is 0 Å². The lowest BCUT2D eigenvalue weighted by Gasteiger charge is -2.29. The van der Waals surface area contributed by atoms with Gasteiger partial charge in [0.05, 0.1) is 11.8 Å². The molecule has 0 aliphatic carbocycles. The van der Waals surface area contributed by atoms with Crippen molar-refractivity contribution in [1.29, 1.82) is 0 Å². The summed E-state index contributed by atoms with van der Waals surface area (Å²) in [5, 5.41) is 12.4. The minimum Gasteiger partial charge on any atom is -0.393 e. The lowest BCUT2D eigenvalue weighted by Crippen LogP contribution is -2.39. The molecular formula is C20H28N4O3. The Balaban J connectivity index is 1.36. The maximum atomic E-state index is 12.5. The van der Waals surface area contributed by atoms with Crippen LogP contribution in [0.15, 0.2) is 24.4 Å². The second-order valence-electron chi connectivity index (χ2n) is 7.15. The molecule has 1 aliphatic rings. The van der Waals surface area contributed by atoms with Crippen LogP contribution in [-0.4, -0.2) is 56.9 Å². The Hall–Kier alpha value is -2.41. The topological polar surface area (TPSA) is 86.9 Å². The van der Waals surface area contributed by atoms with Gasteiger partial charge in [0.1, 0.15) is 11.3 Å². The van der Waals surface area contributed by atoms with Crippen molar-refractivity contribution in [1.82, 2.24) is 19.6 Å². The van der Waals surface area contributed by atoms with Gasteiger partial charge in [-0.25, -0.2) is 4.98 Å². The van der Waals surface area contributed by atoms with Gasteiger partial charge in [-0.15, -0.1) is 0 Å². The van der Waals surface area contributed by atoms with Gasteiger partial charge in [-0.05, 0) is 44.7 Å². The van der Waals surface area contributed by atoms with Gasteiger partial charge in [0, 0.05) is 32.3 Å². The van der Waals surface area contributed by atoms with Crippen molar-refractivity contribution in [2.75, 3.05) is 19.6 Å². The zero-order valence-corrected chi connectivity index (χ0v) is 15.9. The van der Waals surface area contributed by atoms with Crippen LogP contribution in [0.5, 0.6) is 0 Å². The van der Waals surface area contributed by atoms with Crippen LogP contribution in [0.3, 0.4) is 0 Å². The number of rotatable bonds is 7. The highest BCUT2D eigenvalue weighted by Gasteiger charge is 2.20. The minimum atomic E-state index is -0.255. The van der Waals surface area contributed by atoms with Crippen LogP contribution in [-0.2, 0) is 4.79 Å². The predicted octanol–water partition coefficient (Wildman–Crippen LogP) is 1.92. The number of pyridine rings is 1. The smallest absolute Gasteiger partial charge is 0.270 e. The molecule has 2 aromatic heterocycles. The maximum Gasteiger partial charge on any atom is 0.270 e. The van der Waals surface area contributed by atoms with E-state index in [1.54, 1.807) is 4.40 Å². The van der Waals surface area contributed by atoms with E-state index in [1.807, 2.05) is 36.2 Å². The second kappa shape index (κ2) is 8.99. The van der Waals surface area contributed by atoms with Gasteiger partial charge >= 0.3 is 0 Å². The summed E-state index contributed by atoms with van der Waals surface area (Å²) in [6, 6.07) is 5.66. The summed E-state index contributed by atoms with van der Waals surface area (Å²) in [4.78, 5) is 30.8. The summed E-state index contributed by atoms with van der Waals surface area (Å²) < 4.78 is 1.80. The van der Waals surface area contributed by atoms with E-state index < -0.39 is 0 Å². The third-order valence-electron chi connectivity index (χ3n) is 5.09. The average Bonchev–Trinajstić information content (AvgIpc) is 3.00. The average molecular weight is 372 g/mol. The van der Waals surface area contributed by atoms with Gasteiger partial charge in [-0.1, -0.05) is 12.5 Å². The lowest BCUT2D eigenvalue weighted by molar-refractivity contribution is -0.133. The lowest BCUT2D eigenvalue weighted by atomic mass is 10.1. The number of nitrogens with zero attached hydrogens (tertiary/aromatic N) is 3. The van der Waals surface area contributed by atoms with Crippen molar-refractivity contribution in [3.05, 3.63) is 35.8 Å². The van der Waals surface area contributed by atoms with Crippen molar-refractivity contribution >= 4 is 17.5 Å². The van der Waals surface area contributed by atoms with Crippen molar-refractivity contribution in [2.24, 2.45) is 0 Å². The molecule has 7 heteroatoms. The summed E-state index contributed by atoms with van der Waals surface area (Å²) in [6.07, 6.45) is 6.05. The fourth-order valence-corrected chi connectivity index (χ4v) is 3.52. The Morgan fingerprint density at radius 3 is 2.78 bits per heavy atom. The van der Waals surface area contributed by atoms with E-state index in [0.717, 1.165) is 30.6 Å². The number of nitrogens with one attached hydrogen (secondary N) is 1. The van der Waals surface area contributed by atoms with E-state index in [0.29, 0.717) is 44.6 Å². The molecule has 2 N–H and O–H groups in total. The molecule has 0 spiro atoms. The zero-order chi connectivity index (χ0) is 19.2. The Bertz CT molecular complexity index is 794. The number of hydrogen-bond acceptors (Lipinski definition) is 4. The predicted molar refractivity (Wildman–Crippen MR) is 103 cm³/mol. The molecule has 1 aliphatic heterocycles. The molecule has 27 heavy (non-hydrogen) atoms. The van der Waals surface area contributed by atoms with E-state index in [2.05, 4.69) is 10.3 Å². The first-order chi connectivity index (χ1) is 13.1. The number of hydrogen-bond donors (Lipinski definition) is 2. The molecular weight excluding hydrogens is 344 g/mol. The van der Waals surface area contributed by atoms with E-state index in [9.17, 15) is 14.7 Å². The molecule has 2 amide bonds. The molecule has 0 bridgehead atoms. The van der Waals surface area contributed by atoms with E-state index in [4.69, 9.17) is 0 Å². The molecule has 1 fully saturated rings. The van der Waals surface area contributed by atoms with Crippen LogP contribution >= 0.6 is 0 Å². The van der Waals surface area contributed by atoms with Crippen molar-refractivity contribution < 1.29 is 14.7 Å². The van der Waals surface area contributed by atoms with Crippen LogP contribution in [0.25, 0.3) is 5.65 Å². The summed E-state index contributed by atoms with van der Waals surface area (Å²) in [5.41, 5.74) is 2.06. The van der Waals surface area contributed by atoms with Gasteiger partial charge in [-0.3, -0.25) is 14.0 Å². The number of likely N-dealkylation sites (tertiary alicyclic amines) is 1. The number of carbonyl (C=O) groups excluding carboxylic acids is 2. The monoisotopic (exact) mass is 372 g/mol. The molecule has 146 valence electrons. The largest absolute Gasteiger partial charge is 0.393 e. The highest BCUT2D eigenvalue weighted by Crippen LogP contribution is 2.13. The molecule has 1 saturated heterocycles. The Kier molecular flexibility index (Phi) is 6.45. The molecule has 0 radical (unpaired) electrons. The fraction of sp³-hybridized carbons (Fsp3) is 0.550. The summed E-state index contributed by atoms with van der Waals surface area (Å²) in [5.74, 6) is 0.0569. The molecule has 0 unspecified atom stereocenters. The number of aliphatic hydroxyl groups excluding tert-OH is 1. The normalized spacial score (nSPS) is 15.3. The summed E-state index contributed by atoms with van der Waals surface area (Å²) in [6.45, 7) is 3.75. The number of piperidine rings is 1. The SMILES string of the molecule is Cc1nc2ccccn2c1C(=O)NCCCCCC(=O)N1CCC(O)CC1. The van der Waals surface area contributed by atoms with Crippen LogP contribution in [0, 0.1) is 6.92 Å². The highest BCUT2D eigenvalue weighted by atomic mass is 16.3. The summed E-state index contributed by atoms with van der Waals surface area (Å²) >= 11 is 0. The third kappa shape index (κ3) is 4.86. The Morgan fingerprint density at radius 1 is 1.22 bits per heavy atom. The Labute approximate surface area is 159 Å². The maximum absolute atomic E-state index is 12.5. The number of fused-ring (bicyclic) bond motifs is 1. The molecule has 0 atom stereocenters. The number of carbonyl (C=O) groups is 2. The zero-order valence-electron chi connectivity index (χ0n) is 15.9. The summed E-state index contributed by atoms with van der Waals surface area (Å²) in [7, 11) is 0. The molecule has 3 heterocycles. The van der Waals surface area contributed by atoms with E-state index >= 15 is 0 Å². The standard InChI is InChI=1S/C20H28N4O3/c1-15-19(24-12-6-4-7-17(24)22-15)20(27)21-11-5-2-3-8-18(26)23-13-9-16(25)10-14-23/h4,6-7,12,16,25H,2-3,5,8-11,13-14H2,1H3,(H,21,27). The van der Waals surface area contributed by atoms with Gasteiger partial charge < -0.3 is 15.3 Å². The van der Waals surface area contributed by atoms with Crippen molar-refractivity contribution in [3.8, 4) is 0 Å². The molecule has 2 aromatic rings. The van der Waals surface area contributed by atoms with Crippen LogP contribution < -0.4 is 5.32 Å². The number of amides is 2. The minimum absolute atomic E-state index is 0.117. The van der Waals surface area contributed by atoms with Gasteiger partial charge in [-0.2, -0.15) is 0 Å². The molecule has 7 nitrogen and oxygen atoms in total. The van der Waals surface area contributed by atoms with Gasteiger partial charge in [0.25, 0.3) is 5.91 Å². The molecule has 0 aromatic carbocycles. The highest BCUT2D eigenvalue weighted by molar-refractivity contribution is 5.94. The van der Waals surface area contributed by atoms with Crippen LogP contribution in [0.1, 0.15) is 54.7 Å². The first kappa shape index (κ1) is 19.4.